The molecule has 1 aromatic heterocycles. The predicted octanol–water partition coefficient (Wildman–Crippen LogP) is 0.855. The molecule has 1 N–H and O–H groups in total. The maximum absolute atomic E-state index is 9.14. The van der Waals surface area contributed by atoms with Crippen molar-refractivity contribution >= 4 is 0 Å². The summed E-state index contributed by atoms with van der Waals surface area (Å²) in [5.74, 6) is 0.259. The second-order valence-electron chi connectivity index (χ2n) is 3.51. The monoisotopic (exact) mass is 181 g/mol. The fourth-order valence-electron chi connectivity index (χ4n) is 1.84. The third-order valence-corrected chi connectivity index (χ3v) is 2.66. The Bertz CT molecular complexity index is 284. The fraction of sp³-hybridized carbons (Fsp3) is 0.667. The molecule has 13 heavy (non-hydrogen) atoms. The molecule has 1 fully saturated rings. The standard InChI is InChI=1S/C9H15N3O/c1-2-11-4-3-8(6-11)12-7-9(13)5-10-12/h5,7-8,13H,2-4,6H2,1H3. The summed E-state index contributed by atoms with van der Waals surface area (Å²) >= 11 is 0. The van der Waals surface area contributed by atoms with Crippen molar-refractivity contribution in [1.29, 1.82) is 0 Å². The van der Waals surface area contributed by atoms with E-state index in [1.54, 1.807) is 6.20 Å². The number of likely N-dealkylation sites (tertiary alicyclic amines) is 1. The second kappa shape index (κ2) is 3.38. The third kappa shape index (κ3) is 1.67. The van der Waals surface area contributed by atoms with Crippen LogP contribution in [0.15, 0.2) is 12.4 Å². The van der Waals surface area contributed by atoms with E-state index in [1.165, 1.54) is 6.20 Å². The van der Waals surface area contributed by atoms with Crippen LogP contribution in [0.5, 0.6) is 5.75 Å². The first-order chi connectivity index (χ1) is 6.29. The van der Waals surface area contributed by atoms with Crippen molar-refractivity contribution in [3.05, 3.63) is 12.4 Å². The van der Waals surface area contributed by atoms with Crippen molar-refractivity contribution in [2.45, 2.75) is 19.4 Å². The molecule has 0 saturated carbocycles. The molecule has 0 aromatic carbocycles. The highest BCUT2D eigenvalue weighted by Gasteiger charge is 2.22. The Balaban J connectivity index is 2.03. The summed E-state index contributed by atoms with van der Waals surface area (Å²) < 4.78 is 1.87. The van der Waals surface area contributed by atoms with E-state index in [1.807, 2.05) is 4.68 Å². The molecule has 0 bridgehead atoms. The van der Waals surface area contributed by atoms with E-state index in [2.05, 4.69) is 16.9 Å². The normalized spacial score (nSPS) is 23.9. The highest BCUT2D eigenvalue weighted by Crippen LogP contribution is 2.21. The third-order valence-electron chi connectivity index (χ3n) is 2.66. The molecule has 72 valence electrons. The van der Waals surface area contributed by atoms with Crippen LogP contribution in [0.2, 0.25) is 0 Å². The van der Waals surface area contributed by atoms with Crippen molar-refractivity contribution in [2.24, 2.45) is 0 Å². The molecular formula is C9H15N3O. The fourth-order valence-corrected chi connectivity index (χ4v) is 1.84. The topological polar surface area (TPSA) is 41.3 Å². The van der Waals surface area contributed by atoms with Gasteiger partial charge >= 0.3 is 0 Å². The molecule has 4 nitrogen and oxygen atoms in total. The van der Waals surface area contributed by atoms with Crippen molar-refractivity contribution in [1.82, 2.24) is 14.7 Å². The zero-order chi connectivity index (χ0) is 9.26. The van der Waals surface area contributed by atoms with Gasteiger partial charge in [0, 0.05) is 13.1 Å². The highest BCUT2D eigenvalue weighted by molar-refractivity contribution is 5.09. The molecule has 0 spiro atoms. The van der Waals surface area contributed by atoms with Crippen LogP contribution in [0, 0.1) is 0 Å². The average Bonchev–Trinajstić information content (AvgIpc) is 2.71. The Morgan fingerprint density at radius 2 is 2.54 bits per heavy atom. The van der Waals surface area contributed by atoms with E-state index < -0.39 is 0 Å². The van der Waals surface area contributed by atoms with Gasteiger partial charge in [0.15, 0.2) is 5.75 Å². The van der Waals surface area contributed by atoms with E-state index in [-0.39, 0.29) is 5.75 Å². The Kier molecular flexibility index (Phi) is 2.22. The van der Waals surface area contributed by atoms with Gasteiger partial charge in [-0.15, -0.1) is 0 Å². The lowest BCUT2D eigenvalue weighted by molar-refractivity contribution is 0.335. The van der Waals surface area contributed by atoms with Crippen molar-refractivity contribution in [2.75, 3.05) is 19.6 Å². The minimum absolute atomic E-state index is 0.259. The summed E-state index contributed by atoms with van der Waals surface area (Å²) in [6.07, 6.45) is 4.33. The summed E-state index contributed by atoms with van der Waals surface area (Å²) in [6, 6.07) is 0.445. The number of hydrogen-bond acceptors (Lipinski definition) is 3. The number of nitrogens with zero attached hydrogens (tertiary/aromatic N) is 3. The average molecular weight is 181 g/mol. The summed E-state index contributed by atoms with van der Waals surface area (Å²) in [6.45, 7) is 5.46. The second-order valence-corrected chi connectivity index (χ2v) is 3.51. The molecule has 2 rings (SSSR count). The van der Waals surface area contributed by atoms with E-state index in [4.69, 9.17) is 5.11 Å². The van der Waals surface area contributed by atoms with Crippen LogP contribution < -0.4 is 0 Å². The molecular weight excluding hydrogens is 166 g/mol. The Morgan fingerprint density at radius 1 is 1.69 bits per heavy atom. The van der Waals surface area contributed by atoms with E-state index in [0.717, 1.165) is 26.1 Å². The van der Waals surface area contributed by atoms with Crippen LogP contribution in [0.3, 0.4) is 0 Å². The molecule has 1 aliphatic rings. The zero-order valence-corrected chi connectivity index (χ0v) is 7.85. The van der Waals surface area contributed by atoms with Gasteiger partial charge in [0.2, 0.25) is 0 Å². The summed E-state index contributed by atoms with van der Waals surface area (Å²) in [5, 5.41) is 13.2. The number of aromatic hydroxyl groups is 1. The summed E-state index contributed by atoms with van der Waals surface area (Å²) in [5.41, 5.74) is 0. The van der Waals surface area contributed by atoms with Crippen molar-refractivity contribution < 1.29 is 5.11 Å². The van der Waals surface area contributed by atoms with Gasteiger partial charge in [-0.25, -0.2) is 0 Å². The van der Waals surface area contributed by atoms with Gasteiger partial charge in [-0.3, -0.25) is 4.68 Å². The van der Waals surface area contributed by atoms with E-state index in [0.29, 0.717) is 6.04 Å². The number of aromatic nitrogens is 2. The van der Waals surface area contributed by atoms with Crippen LogP contribution in [-0.4, -0.2) is 39.4 Å². The molecule has 1 aliphatic heterocycles. The Hall–Kier alpha value is -1.03. The molecule has 2 heterocycles. The van der Waals surface area contributed by atoms with Gasteiger partial charge in [0.1, 0.15) is 0 Å². The lowest BCUT2D eigenvalue weighted by Gasteiger charge is -2.12. The smallest absolute Gasteiger partial charge is 0.153 e. The van der Waals surface area contributed by atoms with Crippen molar-refractivity contribution in [3.63, 3.8) is 0 Å². The largest absolute Gasteiger partial charge is 0.505 e. The zero-order valence-electron chi connectivity index (χ0n) is 7.85. The van der Waals surface area contributed by atoms with E-state index >= 15 is 0 Å². The molecule has 0 radical (unpaired) electrons. The SMILES string of the molecule is CCN1CCC(n2cc(O)cn2)C1. The first-order valence-corrected chi connectivity index (χ1v) is 4.75. The maximum atomic E-state index is 9.14. The van der Waals surface area contributed by atoms with Crippen LogP contribution >= 0.6 is 0 Å². The van der Waals surface area contributed by atoms with Crippen LogP contribution in [-0.2, 0) is 0 Å². The van der Waals surface area contributed by atoms with Gasteiger partial charge < -0.3 is 10.0 Å². The number of rotatable bonds is 2. The highest BCUT2D eigenvalue weighted by atomic mass is 16.3. The lowest BCUT2D eigenvalue weighted by Crippen LogP contribution is -2.21. The van der Waals surface area contributed by atoms with Gasteiger partial charge in [0.25, 0.3) is 0 Å². The molecule has 1 aromatic rings. The Labute approximate surface area is 77.8 Å². The van der Waals surface area contributed by atoms with Crippen LogP contribution in [0.1, 0.15) is 19.4 Å². The lowest BCUT2D eigenvalue weighted by atomic mass is 10.3. The van der Waals surface area contributed by atoms with Gasteiger partial charge in [-0.05, 0) is 13.0 Å². The van der Waals surface area contributed by atoms with Gasteiger partial charge in [0.05, 0.1) is 18.4 Å². The van der Waals surface area contributed by atoms with Crippen LogP contribution in [0.4, 0.5) is 0 Å². The number of hydrogen-bond donors (Lipinski definition) is 1. The molecule has 1 saturated heterocycles. The number of likely N-dealkylation sites (N-methyl/N-ethyl adjacent to an activating group) is 1. The van der Waals surface area contributed by atoms with Crippen LogP contribution in [0.25, 0.3) is 0 Å². The van der Waals surface area contributed by atoms with Crippen molar-refractivity contribution in [3.8, 4) is 5.75 Å². The molecule has 0 aliphatic carbocycles. The predicted molar refractivity (Wildman–Crippen MR) is 49.7 cm³/mol. The minimum Gasteiger partial charge on any atom is -0.505 e. The van der Waals surface area contributed by atoms with Gasteiger partial charge in [-0.1, -0.05) is 6.92 Å². The first-order valence-electron chi connectivity index (χ1n) is 4.75. The molecule has 4 heteroatoms. The first kappa shape index (κ1) is 8.56. The maximum Gasteiger partial charge on any atom is 0.153 e. The minimum atomic E-state index is 0.259. The molecule has 1 atom stereocenters. The quantitative estimate of drug-likeness (QED) is 0.735. The van der Waals surface area contributed by atoms with Gasteiger partial charge in [-0.2, -0.15) is 5.10 Å². The summed E-state index contributed by atoms with van der Waals surface area (Å²) in [4.78, 5) is 2.39. The Morgan fingerprint density at radius 3 is 3.08 bits per heavy atom. The van der Waals surface area contributed by atoms with E-state index in [9.17, 15) is 0 Å². The molecule has 1 unspecified atom stereocenters. The molecule has 0 amide bonds. The summed E-state index contributed by atoms with van der Waals surface area (Å²) in [7, 11) is 0.